The van der Waals surface area contributed by atoms with Crippen LogP contribution in [-0.4, -0.2) is 30.2 Å². The second-order valence-corrected chi connectivity index (χ2v) is 7.96. The summed E-state index contributed by atoms with van der Waals surface area (Å²) in [5.41, 5.74) is -0.370. The molecule has 19 heavy (non-hydrogen) atoms. The smallest absolute Gasteiger partial charge is 0.258 e. The molecule has 0 saturated heterocycles. The predicted octanol–water partition coefficient (Wildman–Crippen LogP) is 3.12. The van der Waals surface area contributed by atoms with Gasteiger partial charge in [0.2, 0.25) is 0 Å². The third-order valence-electron chi connectivity index (χ3n) is 2.43. The molecule has 0 bridgehead atoms. The predicted molar refractivity (Wildman–Crippen MR) is 75.3 cm³/mol. The van der Waals surface area contributed by atoms with Crippen LogP contribution in [0, 0.1) is 10.1 Å². The fraction of sp³-hybridized carbons (Fsp3) is 0.600. The molecule has 1 aromatic rings. The maximum absolute atomic E-state index is 12.4. The average molecular weight is 327 g/mol. The Morgan fingerprint density at radius 1 is 1.53 bits per heavy atom. The van der Waals surface area contributed by atoms with Gasteiger partial charge in [0, 0.05) is 18.7 Å². The number of hydrogen-bond donors (Lipinski definition) is 0. The molecule has 0 spiro atoms. The molecule has 0 aromatic carbocycles. The maximum Gasteiger partial charge on any atom is 0.300 e. The molecule has 108 valence electrons. The van der Waals surface area contributed by atoms with Crippen LogP contribution in [0.15, 0.2) is 10.3 Å². The lowest BCUT2D eigenvalue weighted by molar-refractivity contribution is -0.384. The van der Waals surface area contributed by atoms with Gasteiger partial charge in [-0.3, -0.25) is 10.1 Å². The van der Waals surface area contributed by atoms with Gasteiger partial charge in [0.1, 0.15) is 4.21 Å². The van der Waals surface area contributed by atoms with Crippen LogP contribution in [0.5, 0.6) is 0 Å². The zero-order valence-corrected chi connectivity index (χ0v) is 13.2. The van der Waals surface area contributed by atoms with Gasteiger partial charge >= 0.3 is 0 Å². The summed E-state index contributed by atoms with van der Waals surface area (Å²) in [6.07, 6.45) is 0.665. The number of thiophene rings is 1. The van der Waals surface area contributed by atoms with Crippen molar-refractivity contribution in [2.24, 2.45) is 0 Å². The Balaban J connectivity index is 3.26. The number of rotatable bonds is 6. The van der Waals surface area contributed by atoms with E-state index in [4.69, 9.17) is 11.6 Å². The molecule has 1 heterocycles. The van der Waals surface area contributed by atoms with Crippen LogP contribution in [0.25, 0.3) is 0 Å². The van der Waals surface area contributed by atoms with Crippen molar-refractivity contribution in [2.75, 3.05) is 6.54 Å². The van der Waals surface area contributed by atoms with Crippen molar-refractivity contribution < 1.29 is 13.3 Å². The number of halogens is 1. The van der Waals surface area contributed by atoms with E-state index in [0.717, 1.165) is 6.07 Å². The Bertz CT molecular complexity index is 568. The van der Waals surface area contributed by atoms with Crippen LogP contribution in [0.1, 0.15) is 27.2 Å². The zero-order chi connectivity index (χ0) is 14.8. The molecule has 0 aliphatic carbocycles. The minimum Gasteiger partial charge on any atom is -0.258 e. The van der Waals surface area contributed by atoms with Crippen molar-refractivity contribution in [2.45, 2.75) is 37.4 Å². The highest BCUT2D eigenvalue weighted by molar-refractivity contribution is 7.91. The van der Waals surface area contributed by atoms with Gasteiger partial charge < -0.3 is 0 Å². The van der Waals surface area contributed by atoms with Gasteiger partial charge in [-0.1, -0.05) is 18.5 Å². The second kappa shape index (κ2) is 6.17. The largest absolute Gasteiger partial charge is 0.300 e. The van der Waals surface area contributed by atoms with Crippen LogP contribution < -0.4 is 0 Å². The fourth-order valence-electron chi connectivity index (χ4n) is 1.58. The highest BCUT2D eigenvalue weighted by Gasteiger charge is 2.31. The molecule has 0 aliphatic rings. The first-order valence-electron chi connectivity index (χ1n) is 5.67. The van der Waals surface area contributed by atoms with E-state index in [9.17, 15) is 18.5 Å². The monoisotopic (exact) mass is 326 g/mol. The first-order valence-corrected chi connectivity index (χ1v) is 8.30. The number of nitro groups is 1. The van der Waals surface area contributed by atoms with Crippen molar-refractivity contribution in [1.82, 2.24) is 4.31 Å². The first-order chi connectivity index (χ1) is 8.71. The maximum atomic E-state index is 12.4. The topological polar surface area (TPSA) is 80.5 Å². The first kappa shape index (κ1) is 16.4. The second-order valence-electron chi connectivity index (χ2n) is 4.19. The van der Waals surface area contributed by atoms with E-state index in [-0.39, 0.29) is 20.3 Å². The lowest BCUT2D eigenvalue weighted by Gasteiger charge is -2.24. The molecule has 9 heteroatoms. The molecule has 0 unspecified atom stereocenters. The molecule has 0 aliphatic heterocycles. The Morgan fingerprint density at radius 3 is 2.47 bits per heavy atom. The highest BCUT2D eigenvalue weighted by atomic mass is 35.5. The van der Waals surface area contributed by atoms with Crippen molar-refractivity contribution in [3.05, 3.63) is 20.5 Å². The minimum absolute atomic E-state index is 0.0913. The zero-order valence-electron chi connectivity index (χ0n) is 10.8. The van der Waals surface area contributed by atoms with E-state index >= 15 is 0 Å². The molecule has 1 rings (SSSR count). The van der Waals surface area contributed by atoms with Crippen molar-refractivity contribution in [1.29, 1.82) is 0 Å². The van der Waals surface area contributed by atoms with Crippen LogP contribution in [-0.2, 0) is 10.0 Å². The van der Waals surface area contributed by atoms with Gasteiger partial charge in [0.25, 0.3) is 15.7 Å². The van der Waals surface area contributed by atoms with E-state index in [0.29, 0.717) is 24.3 Å². The van der Waals surface area contributed by atoms with E-state index in [1.165, 1.54) is 4.31 Å². The Kier molecular flexibility index (Phi) is 5.31. The highest BCUT2D eigenvalue weighted by Crippen LogP contribution is 2.37. The van der Waals surface area contributed by atoms with E-state index in [1.807, 2.05) is 6.92 Å². The lowest BCUT2D eigenvalue weighted by atomic mass is 10.4. The van der Waals surface area contributed by atoms with E-state index in [1.54, 1.807) is 13.8 Å². The van der Waals surface area contributed by atoms with Crippen LogP contribution >= 0.6 is 22.9 Å². The normalized spacial score (nSPS) is 12.3. The molecule has 0 atom stereocenters. The Morgan fingerprint density at radius 2 is 2.11 bits per heavy atom. The number of hydrogen-bond acceptors (Lipinski definition) is 5. The molecular weight excluding hydrogens is 312 g/mol. The fourth-order valence-corrected chi connectivity index (χ4v) is 5.11. The Labute approximate surface area is 121 Å². The van der Waals surface area contributed by atoms with Gasteiger partial charge in [-0.25, -0.2) is 8.42 Å². The summed E-state index contributed by atoms with van der Waals surface area (Å²) in [6.45, 7) is 5.76. The molecular formula is C10H15ClN2O4S2. The van der Waals surface area contributed by atoms with Crippen molar-refractivity contribution >= 4 is 38.6 Å². The average Bonchev–Trinajstić information content (AvgIpc) is 2.68. The summed E-state index contributed by atoms with van der Waals surface area (Å²) in [7, 11) is -3.73. The summed E-state index contributed by atoms with van der Waals surface area (Å²) >= 11 is 6.42. The van der Waals surface area contributed by atoms with Crippen molar-refractivity contribution in [3.8, 4) is 0 Å². The molecule has 0 N–H and O–H groups in total. The summed E-state index contributed by atoms with van der Waals surface area (Å²) < 4.78 is 25.9. The van der Waals surface area contributed by atoms with Crippen LogP contribution in [0.2, 0.25) is 4.34 Å². The van der Waals surface area contributed by atoms with Crippen LogP contribution in [0.3, 0.4) is 0 Å². The number of nitrogens with zero attached hydrogens (tertiary/aromatic N) is 2. The quantitative estimate of drug-likeness (QED) is 0.594. The summed E-state index contributed by atoms with van der Waals surface area (Å²) in [5.74, 6) is 0. The molecule has 0 amide bonds. The summed E-state index contributed by atoms with van der Waals surface area (Å²) in [4.78, 5) is 10.0. The Hall–Kier alpha value is -0.700. The third kappa shape index (κ3) is 3.44. The molecule has 0 radical (unpaired) electrons. The molecule has 1 aromatic heterocycles. The third-order valence-corrected chi connectivity index (χ3v) is 6.29. The van der Waals surface area contributed by atoms with Gasteiger partial charge in [-0.2, -0.15) is 4.31 Å². The SMILES string of the molecule is CCCN(C(C)C)S(=O)(=O)c1cc([N+](=O)[O-])c(Cl)s1. The van der Waals surface area contributed by atoms with Crippen LogP contribution in [0.4, 0.5) is 5.69 Å². The molecule has 6 nitrogen and oxygen atoms in total. The standard InChI is InChI=1S/C10H15ClN2O4S2/c1-4-5-12(7(2)3)19(16,17)9-6-8(13(14)15)10(11)18-9/h6-7H,4-5H2,1-3H3. The lowest BCUT2D eigenvalue weighted by Crippen LogP contribution is -2.37. The van der Waals surface area contributed by atoms with Gasteiger partial charge in [0.05, 0.1) is 4.92 Å². The molecule has 0 saturated carbocycles. The minimum atomic E-state index is -3.73. The van der Waals surface area contributed by atoms with E-state index in [2.05, 4.69) is 0 Å². The van der Waals surface area contributed by atoms with Crippen molar-refractivity contribution in [3.63, 3.8) is 0 Å². The van der Waals surface area contributed by atoms with Gasteiger partial charge in [-0.05, 0) is 20.3 Å². The van der Waals surface area contributed by atoms with Gasteiger partial charge in [0.15, 0.2) is 4.34 Å². The van der Waals surface area contributed by atoms with Gasteiger partial charge in [-0.15, -0.1) is 11.3 Å². The summed E-state index contributed by atoms with van der Waals surface area (Å²) in [6, 6.07) is 0.804. The number of sulfonamides is 1. The molecule has 0 fully saturated rings. The van der Waals surface area contributed by atoms with E-state index < -0.39 is 14.9 Å². The summed E-state index contributed by atoms with van der Waals surface area (Å²) in [5, 5.41) is 10.7.